The zero-order chi connectivity index (χ0) is 12.9. The number of carbonyl (C=O) groups is 1. The van der Waals surface area contributed by atoms with Crippen molar-refractivity contribution in [3.05, 3.63) is 0 Å². The number of hydrogen-bond donors (Lipinski definition) is 1. The molecule has 17 heavy (non-hydrogen) atoms. The molecule has 0 aromatic carbocycles. The van der Waals surface area contributed by atoms with Crippen LogP contribution in [0.2, 0.25) is 0 Å². The van der Waals surface area contributed by atoms with E-state index < -0.39 is 9.84 Å². The van der Waals surface area contributed by atoms with Crippen LogP contribution in [0.5, 0.6) is 0 Å². The molecule has 1 unspecified atom stereocenters. The van der Waals surface area contributed by atoms with Crippen LogP contribution < -0.4 is 5.73 Å². The molecule has 1 heterocycles. The Bertz CT molecular complexity index is 351. The number of methoxy groups -OCH3 is 1. The molecule has 1 aliphatic heterocycles. The van der Waals surface area contributed by atoms with E-state index in [2.05, 4.69) is 0 Å². The molecule has 1 aliphatic rings. The number of nitrogens with two attached hydrogens (primary N) is 1. The number of rotatable bonds is 4. The molecule has 1 amide bonds. The van der Waals surface area contributed by atoms with Gasteiger partial charge in [-0.3, -0.25) is 4.79 Å². The average molecular weight is 264 g/mol. The van der Waals surface area contributed by atoms with E-state index >= 15 is 0 Å². The van der Waals surface area contributed by atoms with Crippen LogP contribution in [0.1, 0.15) is 12.8 Å². The summed E-state index contributed by atoms with van der Waals surface area (Å²) in [6.07, 6.45) is 0.434. The lowest BCUT2D eigenvalue weighted by atomic mass is 10.2. The van der Waals surface area contributed by atoms with Gasteiger partial charge < -0.3 is 15.4 Å². The molecule has 2 N–H and O–H groups in total. The molecular weight excluding hydrogens is 244 g/mol. The smallest absolute Gasteiger partial charge is 0.225 e. The van der Waals surface area contributed by atoms with E-state index in [1.165, 1.54) is 7.11 Å². The van der Waals surface area contributed by atoms with Gasteiger partial charge in [-0.25, -0.2) is 8.42 Å². The van der Waals surface area contributed by atoms with Crippen molar-refractivity contribution in [2.24, 2.45) is 5.73 Å². The minimum absolute atomic E-state index is 0.0546. The van der Waals surface area contributed by atoms with Gasteiger partial charge in [0.05, 0.1) is 24.0 Å². The van der Waals surface area contributed by atoms with Crippen molar-refractivity contribution < 1.29 is 17.9 Å². The van der Waals surface area contributed by atoms with E-state index in [4.69, 9.17) is 10.5 Å². The van der Waals surface area contributed by atoms with Gasteiger partial charge in [0.15, 0.2) is 9.84 Å². The Labute approximate surface area is 102 Å². The number of hydrogen-bond acceptors (Lipinski definition) is 5. The molecule has 0 spiro atoms. The largest absolute Gasteiger partial charge is 0.380 e. The van der Waals surface area contributed by atoms with E-state index in [-0.39, 0.29) is 43.0 Å². The highest BCUT2D eigenvalue weighted by atomic mass is 32.2. The first-order valence-electron chi connectivity index (χ1n) is 5.69. The summed E-state index contributed by atoms with van der Waals surface area (Å²) in [6.45, 7) is 1.07. The summed E-state index contributed by atoms with van der Waals surface area (Å²) >= 11 is 0. The van der Waals surface area contributed by atoms with Gasteiger partial charge in [0.25, 0.3) is 0 Å². The Kier molecular flexibility index (Phi) is 5.35. The van der Waals surface area contributed by atoms with Crippen LogP contribution in [0, 0.1) is 0 Å². The quantitative estimate of drug-likeness (QED) is 0.703. The van der Waals surface area contributed by atoms with Crippen molar-refractivity contribution in [1.29, 1.82) is 0 Å². The maximum Gasteiger partial charge on any atom is 0.225 e. The van der Waals surface area contributed by atoms with Crippen molar-refractivity contribution in [2.75, 3.05) is 38.2 Å². The van der Waals surface area contributed by atoms with Crippen LogP contribution in [0.15, 0.2) is 0 Å². The van der Waals surface area contributed by atoms with Gasteiger partial charge in [-0.2, -0.15) is 0 Å². The summed E-state index contributed by atoms with van der Waals surface area (Å²) in [5.74, 6) is 0.139. The van der Waals surface area contributed by atoms with Crippen LogP contribution in [0.25, 0.3) is 0 Å². The highest BCUT2D eigenvalue weighted by molar-refractivity contribution is 7.91. The zero-order valence-corrected chi connectivity index (χ0v) is 10.9. The molecule has 0 aliphatic carbocycles. The van der Waals surface area contributed by atoms with E-state index in [0.29, 0.717) is 13.0 Å². The predicted octanol–water partition coefficient (Wildman–Crippen LogP) is -1.00. The molecular formula is C10H20N2O4S. The minimum Gasteiger partial charge on any atom is -0.380 e. The standard InChI is InChI=1S/C10H20N2O4S/c1-16-9(8-11)7-10(13)12-3-2-5-17(14,15)6-4-12/h9H,2-8,11H2,1H3. The molecule has 1 rings (SSSR count). The Morgan fingerprint density at radius 2 is 2.12 bits per heavy atom. The third kappa shape index (κ3) is 4.61. The highest BCUT2D eigenvalue weighted by Crippen LogP contribution is 2.08. The molecule has 7 heteroatoms. The van der Waals surface area contributed by atoms with E-state index in [1.807, 2.05) is 0 Å². The molecule has 0 aromatic heterocycles. The first kappa shape index (κ1) is 14.4. The third-order valence-electron chi connectivity index (χ3n) is 2.91. The third-order valence-corrected chi connectivity index (χ3v) is 4.62. The number of nitrogens with zero attached hydrogens (tertiary/aromatic N) is 1. The first-order chi connectivity index (χ1) is 7.98. The van der Waals surface area contributed by atoms with Gasteiger partial charge in [0, 0.05) is 26.7 Å². The first-order valence-corrected chi connectivity index (χ1v) is 7.51. The molecule has 1 saturated heterocycles. The van der Waals surface area contributed by atoms with Crippen LogP contribution in [-0.4, -0.2) is 63.6 Å². The molecule has 0 bridgehead atoms. The van der Waals surface area contributed by atoms with E-state index in [1.54, 1.807) is 4.90 Å². The number of carbonyl (C=O) groups excluding carboxylic acids is 1. The Hall–Kier alpha value is -0.660. The molecule has 0 radical (unpaired) electrons. The van der Waals surface area contributed by atoms with Gasteiger partial charge in [0.1, 0.15) is 0 Å². The number of sulfone groups is 1. The second kappa shape index (κ2) is 6.32. The lowest BCUT2D eigenvalue weighted by molar-refractivity contribution is -0.133. The van der Waals surface area contributed by atoms with Gasteiger partial charge in [-0.1, -0.05) is 0 Å². The van der Waals surface area contributed by atoms with Gasteiger partial charge in [-0.05, 0) is 6.42 Å². The lowest BCUT2D eigenvalue weighted by Gasteiger charge is -2.22. The minimum atomic E-state index is -2.98. The topological polar surface area (TPSA) is 89.7 Å². The van der Waals surface area contributed by atoms with Crippen LogP contribution in [-0.2, 0) is 19.4 Å². The maximum atomic E-state index is 11.9. The second-order valence-electron chi connectivity index (χ2n) is 4.18. The molecule has 1 fully saturated rings. The second-order valence-corrected chi connectivity index (χ2v) is 6.49. The summed E-state index contributed by atoms with van der Waals surface area (Å²) < 4.78 is 27.8. The lowest BCUT2D eigenvalue weighted by Crippen LogP contribution is -2.37. The summed E-state index contributed by atoms with van der Waals surface area (Å²) in [6, 6.07) is 0. The average Bonchev–Trinajstić information content (AvgIpc) is 2.46. The fraction of sp³-hybridized carbons (Fsp3) is 0.900. The molecule has 100 valence electrons. The highest BCUT2D eigenvalue weighted by Gasteiger charge is 2.23. The van der Waals surface area contributed by atoms with Gasteiger partial charge in [-0.15, -0.1) is 0 Å². The van der Waals surface area contributed by atoms with Crippen molar-refractivity contribution in [3.8, 4) is 0 Å². The summed E-state index contributed by atoms with van der Waals surface area (Å²) in [5, 5.41) is 0. The summed E-state index contributed by atoms with van der Waals surface area (Å²) in [7, 11) is -1.46. The Morgan fingerprint density at radius 3 is 2.71 bits per heavy atom. The SMILES string of the molecule is COC(CN)CC(=O)N1CCCS(=O)(=O)CC1. The molecule has 1 atom stereocenters. The van der Waals surface area contributed by atoms with Gasteiger partial charge in [0.2, 0.25) is 5.91 Å². The van der Waals surface area contributed by atoms with Crippen molar-refractivity contribution >= 4 is 15.7 Å². The summed E-state index contributed by atoms with van der Waals surface area (Å²) in [5.41, 5.74) is 5.44. The van der Waals surface area contributed by atoms with E-state index in [9.17, 15) is 13.2 Å². The maximum absolute atomic E-state index is 11.9. The molecule has 0 saturated carbocycles. The van der Waals surface area contributed by atoms with Crippen LogP contribution >= 0.6 is 0 Å². The fourth-order valence-corrected chi connectivity index (χ4v) is 3.05. The number of ether oxygens (including phenoxy) is 1. The van der Waals surface area contributed by atoms with Crippen molar-refractivity contribution in [1.82, 2.24) is 4.90 Å². The monoisotopic (exact) mass is 264 g/mol. The summed E-state index contributed by atoms with van der Waals surface area (Å²) in [4.78, 5) is 13.5. The molecule has 6 nitrogen and oxygen atoms in total. The van der Waals surface area contributed by atoms with Crippen molar-refractivity contribution in [2.45, 2.75) is 18.9 Å². The van der Waals surface area contributed by atoms with Crippen LogP contribution in [0.4, 0.5) is 0 Å². The predicted molar refractivity (Wildman–Crippen MR) is 64.3 cm³/mol. The van der Waals surface area contributed by atoms with E-state index in [0.717, 1.165) is 0 Å². The normalized spacial score (nSPS) is 21.9. The Balaban J connectivity index is 2.52. The zero-order valence-electron chi connectivity index (χ0n) is 10.1. The number of amides is 1. The van der Waals surface area contributed by atoms with Crippen molar-refractivity contribution in [3.63, 3.8) is 0 Å². The van der Waals surface area contributed by atoms with Gasteiger partial charge >= 0.3 is 0 Å². The molecule has 0 aromatic rings. The Morgan fingerprint density at radius 1 is 1.41 bits per heavy atom. The fourth-order valence-electron chi connectivity index (χ4n) is 1.77. The van der Waals surface area contributed by atoms with Crippen LogP contribution in [0.3, 0.4) is 0 Å².